The van der Waals surface area contributed by atoms with E-state index >= 15 is 0 Å². The van der Waals surface area contributed by atoms with Gasteiger partial charge in [-0.1, -0.05) is 133 Å². The molecule has 0 aliphatic rings. The van der Waals surface area contributed by atoms with Gasteiger partial charge in [0.25, 0.3) is 0 Å². The summed E-state index contributed by atoms with van der Waals surface area (Å²) in [4.78, 5) is 10.9. The Morgan fingerprint density at radius 2 is 1.21 bits per heavy atom. The van der Waals surface area contributed by atoms with E-state index in [2.05, 4.69) is 168 Å². The lowest BCUT2D eigenvalue weighted by Crippen LogP contribution is -2.03. The highest BCUT2D eigenvalue weighted by Crippen LogP contribution is 2.44. The lowest BCUT2D eigenvalue weighted by Gasteiger charge is -2.12. The van der Waals surface area contributed by atoms with Crippen molar-refractivity contribution in [3.05, 3.63) is 164 Å². The third-order valence-corrected chi connectivity index (χ3v) is 12.0. The van der Waals surface area contributed by atoms with Crippen molar-refractivity contribution in [1.82, 2.24) is 14.5 Å². The lowest BCUT2D eigenvalue weighted by molar-refractivity contribution is 0.669. The van der Waals surface area contributed by atoms with E-state index in [-0.39, 0.29) is 0 Å². The summed E-state index contributed by atoms with van der Waals surface area (Å²) in [5.74, 6) is 0.652. The van der Waals surface area contributed by atoms with Crippen LogP contribution in [0.2, 0.25) is 0 Å². The average Bonchev–Trinajstić information content (AvgIpc) is 3.90. The van der Waals surface area contributed by atoms with E-state index < -0.39 is 0 Å². The second kappa shape index (κ2) is 10.8. The van der Waals surface area contributed by atoms with Crippen molar-refractivity contribution < 1.29 is 4.42 Å². The number of fused-ring (bicyclic) bond motifs is 13. The molecule has 4 nitrogen and oxygen atoms in total. The zero-order valence-corrected chi connectivity index (χ0v) is 29.1. The molecule has 0 saturated heterocycles. The smallest absolute Gasteiger partial charge is 0.235 e. The number of aromatic nitrogens is 3. The quantitative estimate of drug-likeness (QED) is 0.185. The van der Waals surface area contributed by atoms with Gasteiger partial charge in [0.1, 0.15) is 11.2 Å². The van der Waals surface area contributed by atoms with Gasteiger partial charge in [0.2, 0.25) is 5.95 Å². The molecule has 0 radical (unpaired) electrons. The Kier molecular flexibility index (Phi) is 5.90. The summed E-state index contributed by atoms with van der Waals surface area (Å²) >= 11 is 1.76. The van der Waals surface area contributed by atoms with Crippen molar-refractivity contribution in [3.63, 3.8) is 0 Å². The Labute approximate surface area is 306 Å². The van der Waals surface area contributed by atoms with Crippen molar-refractivity contribution in [2.24, 2.45) is 0 Å². The Balaban J connectivity index is 1.21. The number of benzene rings is 8. The van der Waals surface area contributed by atoms with Gasteiger partial charge in [-0.2, -0.15) is 0 Å². The monoisotopic (exact) mass is 693 g/mol. The second-order valence-electron chi connectivity index (χ2n) is 13.7. The lowest BCUT2D eigenvalue weighted by atomic mass is 9.98. The molecule has 8 aromatic carbocycles. The van der Waals surface area contributed by atoms with E-state index in [1.165, 1.54) is 31.6 Å². The number of furan rings is 1. The molecule has 0 saturated carbocycles. The van der Waals surface area contributed by atoms with Crippen LogP contribution in [0.1, 0.15) is 0 Å². The molecule has 0 aliphatic carbocycles. The second-order valence-corrected chi connectivity index (χ2v) is 14.8. The molecule has 0 unspecified atom stereocenters. The summed E-state index contributed by atoms with van der Waals surface area (Å²) in [6, 6.07) is 58.2. The fourth-order valence-electron chi connectivity index (χ4n) is 8.46. The van der Waals surface area contributed by atoms with Crippen LogP contribution in [0.3, 0.4) is 0 Å². The average molecular weight is 694 g/mol. The molecule has 0 fully saturated rings. The molecular formula is C48H27N3OS. The topological polar surface area (TPSA) is 43.9 Å². The van der Waals surface area contributed by atoms with E-state index in [1.54, 1.807) is 11.3 Å². The van der Waals surface area contributed by atoms with Crippen LogP contribution in [0.25, 0.3) is 114 Å². The molecule has 0 atom stereocenters. The highest BCUT2D eigenvalue weighted by molar-refractivity contribution is 7.26. The molecule has 4 aromatic heterocycles. The molecule has 0 N–H and O–H groups in total. The van der Waals surface area contributed by atoms with Crippen LogP contribution in [-0.2, 0) is 0 Å². The van der Waals surface area contributed by atoms with Crippen LogP contribution in [0.15, 0.2) is 168 Å². The summed E-state index contributed by atoms with van der Waals surface area (Å²) in [7, 11) is 0. The highest BCUT2D eigenvalue weighted by Gasteiger charge is 2.23. The van der Waals surface area contributed by atoms with E-state index in [4.69, 9.17) is 14.4 Å². The van der Waals surface area contributed by atoms with Gasteiger partial charge in [0.05, 0.1) is 26.9 Å². The molecule has 0 aliphatic heterocycles. The van der Waals surface area contributed by atoms with Crippen molar-refractivity contribution in [2.45, 2.75) is 0 Å². The fraction of sp³-hybridized carbons (Fsp3) is 0. The molecule has 0 amide bonds. The molecule has 53 heavy (non-hydrogen) atoms. The number of hydrogen-bond donors (Lipinski definition) is 0. The number of rotatable bonds is 3. The van der Waals surface area contributed by atoms with Gasteiger partial charge in [-0.3, -0.25) is 4.57 Å². The van der Waals surface area contributed by atoms with Crippen LogP contribution in [0, 0.1) is 0 Å². The molecule has 246 valence electrons. The summed E-state index contributed by atoms with van der Waals surface area (Å²) in [6.45, 7) is 0. The molecule has 12 aromatic rings. The van der Waals surface area contributed by atoms with Gasteiger partial charge < -0.3 is 4.42 Å². The van der Waals surface area contributed by atoms with Crippen LogP contribution in [0.5, 0.6) is 0 Å². The van der Waals surface area contributed by atoms with Crippen molar-refractivity contribution in [1.29, 1.82) is 0 Å². The van der Waals surface area contributed by atoms with E-state index in [1.807, 2.05) is 0 Å². The van der Waals surface area contributed by atoms with E-state index in [0.717, 1.165) is 76.3 Å². The van der Waals surface area contributed by atoms with E-state index in [9.17, 15) is 0 Å². The number of thiophene rings is 1. The van der Waals surface area contributed by atoms with Gasteiger partial charge in [-0.15, -0.1) is 11.3 Å². The van der Waals surface area contributed by atoms with Crippen molar-refractivity contribution in [3.8, 4) is 28.3 Å². The summed E-state index contributed by atoms with van der Waals surface area (Å²) < 4.78 is 11.2. The molecular weight excluding hydrogens is 667 g/mol. The largest absolute Gasteiger partial charge is 0.456 e. The molecule has 0 bridgehead atoms. The molecule has 0 spiro atoms. The maximum Gasteiger partial charge on any atom is 0.235 e. The first-order valence-electron chi connectivity index (χ1n) is 17.8. The van der Waals surface area contributed by atoms with Crippen LogP contribution >= 0.6 is 11.3 Å². The molecule has 4 heterocycles. The zero-order chi connectivity index (χ0) is 34.6. The maximum absolute atomic E-state index is 6.58. The van der Waals surface area contributed by atoms with Crippen molar-refractivity contribution >= 4 is 96.9 Å². The number of hydrogen-bond acceptors (Lipinski definition) is 4. The Morgan fingerprint density at radius 1 is 0.491 bits per heavy atom. The SMILES string of the molecule is c1ccc(-c2nc(-n3c4ccc5ccccc5c4c4cccc(-c5ccc6c(c5)oc5ccc7ccccc7c56)c43)nc3c2sc2ccccc23)cc1. The molecule has 5 heteroatoms. The fourth-order valence-corrected chi connectivity index (χ4v) is 9.61. The van der Waals surface area contributed by atoms with Gasteiger partial charge in [0, 0.05) is 42.8 Å². The Morgan fingerprint density at radius 3 is 2.06 bits per heavy atom. The number of para-hydroxylation sites is 1. The third kappa shape index (κ3) is 4.11. The normalized spacial score (nSPS) is 12.2. The number of nitrogens with zero attached hydrogens (tertiary/aromatic N) is 3. The summed E-state index contributed by atoms with van der Waals surface area (Å²) in [5, 5.41) is 10.6. The minimum Gasteiger partial charge on any atom is -0.456 e. The maximum atomic E-state index is 6.58. The van der Waals surface area contributed by atoms with Gasteiger partial charge >= 0.3 is 0 Å². The van der Waals surface area contributed by atoms with E-state index in [0.29, 0.717) is 5.95 Å². The van der Waals surface area contributed by atoms with Gasteiger partial charge in [-0.25, -0.2) is 9.97 Å². The minimum absolute atomic E-state index is 0.652. The molecule has 12 rings (SSSR count). The van der Waals surface area contributed by atoms with Crippen LogP contribution in [-0.4, -0.2) is 14.5 Å². The summed E-state index contributed by atoms with van der Waals surface area (Å²) in [5.41, 5.74) is 9.05. The Bertz CT molecular complexity index is 3460. The van der Waals surface area contributed by atoms with Crippen LogP contribution < -0.4 is 0 Å². The van der Waals surface area contributed by atoms with Gasteiger partial charge in [-0.05, 0) is 57.4 Å². The van der Waals surface area contributed by atoms with Gasteiger partial charge in [0.15, 0.2) is 0 Å². The predicted octanol–water partition coefficient (Wildman–Crippen LogP) is 13.5. The first-order chi connectivity index (χ1) is 26.3. The Hall–Kier alpha value is -6.82. The van der Waals surface area contributed by atoms with Crippen molar-refractivity contribution in [2.75, 3.05) is 0 Å². The standard InChI is InChI=1S/C48H27N3OS/c1-2-13-30(14-3-1)44-47-45(36-17-8-9-20-41(36)53-47)50-48(49-44)51-38-25-22-28-11-4-6-15-32(28)42(38)37-19-10-18-34(46(37)51)31-21-24-35-40(27-31)52-39-26-23-29-12-5-7-16-33(29)43(35)39/h1-27H. The first kappa shape index (κ1) is 28.8. The third-order valence-electron chi connectivity index (χ3n) is 10.8. The predicted molar refractivity (Wildman–Crippen MR) is 222 cm³/mol. The van der Waals surface area contributed by atoms with Crippen LogP contribution in [0.4, 0.5) is 0 Å². The summed E-state index contributed by atoms with van der Waals surface area (Å²) in [6.07, 6.45) is 0. The first-order valence-corrected chi connectivity index (χ1v) is 18.6. The zero-order valence-electron chi connectivity index (χ0n) is 28.2. The highest BCUT2D eigenvalue weighted by atomic mass is 32.1. The minimum atomic E-state index is 0.652.